The molecule has 0 bridgehead atoms. The second kappa shape index (κ2) is 3.65. The fraction of sp³-hybridized carbons (Fsp3) is 0.500. The molecule has 0 aliphatic heterocycles. The van der Waals surface area contributed by atoms with E-state index in [1.54, 1.807) is 6.07 Å². The first-order chi connectivity index (χ1) is 7.11. The van der Waals surface area contributed by atoms with Crippen LogP contribution in [-0.2, 0) is 12.8 Å². The summed E-state index contributed by atoms with van der Waals surface area (Å²) in [6.07, 6.45) is 2.49. The molecular weight excluding hydrogens is 190 g/mol. The topological polar surface area (TPSA) is 49.9 Å². The quantitative estimate of drug-likeness (QED) is 0.707. The summed E-state index contributed by atoms with van der Waals surface area (Å²) in [6.45, 7) is 4.40. The van der Waals surface area contributed by atoms with Gasteiger partial charge in [-0.25, -0.2) is 0 Å². The molecule has 2 rings (SSSR count). The van der Waals surface area contributed by atoms with E-state index in [1.807, 2.05) is 0 Å². The summed E-state index contributed by atoms with van der Waals surface area (Å²) in [4.78, 5) is 24.9. The van der Waals surface area contributed by atoms with E-state index in [0.29, 0.717) is 18.1 Å². The van der Waals surface area contributed by atoms with Gasteiger partial charge in [0.15, 0.2) is 6.29 Å². The van der Waals surface area contributed by atoms with Gasteiger partial charge in [0.05, 0.1) is 5.56 Å². The summed E-state index contributed by atoms with van der Waals surface area (Å²) in [6, 6.07) is 1.74. The maximum absolute atomic E-state index is 11.4. The van der Waals surface area contributed by atoms with Crippen LogP contribution in [0.2, 0.25) is 0 Å². The minimum Gasteiger partial charge on any atom is -0.325 e. The smallest absolute Gasteiger partial charge is 0.258 e. The average Bonchev–Trinajstić information content (AvgIpc) is 2.20. The van der Waals surface area contributed by atoms with Gasteiger partial charge in [0.1, 0.15) is 0 Å². The van der Waals surface area contributed by atoms with Crippen molar-refractivity contribution in [3.05, 3.63) is 33.2 Å². The SMILES string of the molecule is CC1Cc2cc(C=O)c(=O)[nH]c2CC1C. The lowest BCUT2D eigenvalue weighted by atomic mass is 9.80. The van der Waals surface area contributed by atoms with Gasteiger partial charge in [0.2, 0.25) is 0 Å². The largest absolute Gasteiger partial charge is 0.325 e. The molecule has 1 aromatic rings. The summed E-state index contributed by atoms with van der Waals surface area (Å²) in [5.74, 6) is 1.21. The Morgan fingerprint density at radius 1 is 1.33 bits per heavy atom. The zero-order valence-corrected chi connectivity index (χ0v) is 9.04. The lowest BCUT2D eigenvalue weighted by Gasteiger charge is -2.27. The minimum atomic E-state index is -0.259. The van der Waals surface area contributed by atoms with Crippen molar-refractivity contribution in [3.8, 4) is 0 Å². The first kappa shape index (κ1) is 10.1. The maximum Gasteiger partial charge on any atom is 0.258 e. The standard InChI is InChI=1S/C12H15NO2/c1-7-3-9-5-10(6-14)12(15)13-11(9)4-8(7)2/h5-8H,3-4H2,1-2H3,(H,13,15). The van der Waals surface area contributed by atoms with E-state index in [2.05, 4.69) is 18.8 Å². The maximum atomic E-state index is 11.4. The van der Waals surface area contributed by atoms with Gasteiger partial charge < -0.3 is 4.98 Å². The molecule has 1 heterocycles. The van der Waals surface area contributed by atoms with E-state index in [9.17, 15) is 9.59 Å². The Morgan fingerprint density at radius 3 is 2.67 bits per heavy atom. The normalized spacial score (nSPS) is 24.7. The van der Waals surface area contributed by atoms with Crippen molar-refractivity contribution in [1.82, 2.24) is 4.98 Å². The van der Waals surface area contributed by atoms with Crippen LogP contribution in [0.5, 0.6) is 0 Å². The molecule has 2 unspecified atom stereocenters. The van der Waals surface area contributed by atoms with Crippen LogP contribution in [0.15, 0.2) is 10.9 Å². The average molecular weight is 205 g/mol. The monoisotopic (exact) mass is 205 g/mol. The molecule has 0 saturated heterocycles. The number of aromatic nitrogens is 1. The highest BCUT2D eigenvalue weighted by Gasteiger charge is 2.23. The minimum absolute atomic E-state index is 0.246. The number of nitrogens with one attached hydrogen (secondary N) is 1. The highest BCUT2D eigenvalue weighted by molar-refractivity contribution is 5.74. The second-order valence-electron chi connectivity index (χ2n) is 4.54. The van der Waals surface area contributed by atoms with E-state index in [0.717, 1.165) is 24.1 Å². The van der Waals surface area contributed by atoms with Crippen molar-refractivity contribution in [2.24, 2.45) is 11.8 Å². The molecule has 1 aliphatic rings. The van der Waals surface area contributed by atoms with Gasteiger partial charge in [0, 0.05) is 5.69 Å². The molecule has 0 spiro atoms. The molecule has 0 radical (unpaired) electrons. The molecule has 0 saturated carbocycles. The fourth-order valence-electron chi connectivity index (χ4n) is 2.15. The molecule has 0 fully saturated rings. The Bertz CT molecular complexity index is 447. The summed E-state index contributed by atoms with van der Waals surface area (Å²) >= 11 is 0. The summed E-state index contributed by atoms with van der Waals surface area (Å²) in [5.41, 5.74) is 2.12. The van der Waals surface area contributed by atoms with Crippen molar-refractivity contribution in [2.45, 2.75) is 26.7 Å². The van der Waals surface area contributed by atoms with Gasteiger partial charge in [-0.2, -0.15) is 0 Å². The third-order valence-corrected chi connectivity index (χ3v) is 3.41. The number of H-pyrrole nitrogens is 1. The molecule has 15 heavy (non-hydrogen) atoms. The predicted molar refractivity (Wildman–Crippen MR) is 58.2 cm³/mol. The van der Waals surface area contributed by atoms with Crippen molar-refractivity contribution >= 4 is 6.29 Å². The molecule has 2 atom stereocenters. The highest BCUT2D eigenvalue weighted by Crippen LogP contribution is 2.27. The second-order valence-corrected chi connectivity index (χ2v) is 4.54. The number of aromatic amines is 1. The summed E-state index contributed by atoms with van der Waals surface area (Å²) < 4.78 is 0. The molecule has 80 valence electrons. The zero-order chi connectivity index (χ0) is 11.0. The van der Waals surface area contributed by atoms with Gasteiger partial charge in [0.25, 0.3) is 5.56 Å². The van der Waals surface area contributed by atoms with Gasteiger partial charge in [-0.15, -0.1) is 0 Å². The van der Waals surface area contributed by atoms with Crippen LogP contribution in [-0.4, -0.2) is 11.3 Å². The molecular formula is C12H15NO2. The number of hydrogen-bond donors (Lipinski definition) is 1. The zero-order valence-electron chi connectivity index (χ0n) is 9.04. The van der Waals surface area contributed by atoms with Crippen LogP contribution < -0.4 is 5.56 Å². The van der Waals surface area contributed by atoms with Gasteiger partial charge in [-0.3, -0.25) is 9.59 Å². The molecule has 3 nitrogen and oxygen atoms in total. The van der Waals surface area contributed by atoms with Crippen molar-refractivity contribution < 1.29 is 4.79 Å². The summed E-state index contributed by atoms with van der Waals surface area (Å²) in [7, 11) is 0. The van der Waals surface area contributed by atoms with Gasteiger partial charge >= 0.3 is 0 Å². The third kappa shape index (κ3) is 1.74. The van der Waals surface area contributed by atoms with Crippen LogP contribution in [0.3, 0.4) is 0 Å². The first-order valence-corrected chi connectivity index (χ1v) is 5.32. The number of fused-ring (bicyclic) bond motifs is 1. The van der Waals surface area contributed by atoms with Crippen molar-refractivity contribution in [3.63, 3.8) is 0 Å². The molecule has 0 aromatic carbocycles. The van der Waals surface area contributed by atoms with E-state index in [-0.39, 0.29) is 11.1 Å². The number of pyridine rings is 1. The predicted octanol–water partition coefficient (Wildman–Crippen LogP) is 1.56. The lowest BCUT2D eigenvalue weighted by Crippen LogP contribution is -2.26. The van der Waals surface area contributed by atoms with Crippen LogP contribution in [0, 0.1) is 11.8 Å². The van der Waals surface area contributed by atoms with E-state index < -0.39 is 0 Å². The van der Waals surface area contributed by atoms with Gasteiger partial charge in [-0.1, -0.05) is 13.8 Å². The Labute approximate surface area is 88.5 Å². The lowest BCUT2D eigenvalue weighted by molar-refractivity contribution is 0.112. The molecule has 1 aromatic heterocycles. The Balaban J connectivity index is 2.50. The Hall–Kier alpha value is -1.38. The van der Waals surface area contributed by atoms with Crippen molar-refractivity contribution in [2.75, 3.05) is 0 Å². The highest BCUT2D eigenvalue weighted by atomic mass is 16.1. The van der Waals surface area contributed by atoms with E-state index in [1.165, 1.54) is 0 Å². The number of aldehydes is 1. The Morgan fingerprint density at radius 2 is 2.00 bits per heavy atom. The van der Waals surface area contributed by atoms with Crippen LogP contribution in [0.1, 0.15) is 35.5 Å². The molecule has 1 N–H and O–H groups in total. The van der Waals surface area contributed by atoms with Gasteiger partial charge in [-0.05, 0) is 36.3 Å². The number of rotatable bonds is 1. The van der Waals surface area contributed by atoms with Crippen LogP contribution in [0.25, 0.3) is 0 Å². The van der Waals surface area contributed by atoms with Crippen molar-refractivity contribution in [1.29, 1.82) is 0 Å². The fourth-order valence-corrected chi connectivity index (χ4v) is 2.15. The Kier molecular flexibility index (Phi) is 2.47. The summed E-state index contributed by atoms with van der Waals surface area (Å²) in [5, 5.41) is 0. The number of hydrogen-bond acceptors (Lipinski definition) is 2. The van der Waals surface area contributed by atoms with Crippen LogP contribution in [0.4, 0.5) is 0 Å². The third-order valence-electron chi connectivity index (χ3n) is 3.41. The molecule has 3 heteroatoms. The molecule has 1 aliphatic carbocycles. The first-order valence-electron chi connectivity index (χ1n) is 5.32. The molecule has 0 amide bonds. The number of carbonyl (C=O) groups is 1. The number of carbonyl (C=O) groups excluding carboxylic acids is 1. The van der Waals surface area contributed by atoms with Crippen LogP contribution >= 0.6 is 0 Å². The van der Waals surface area contributed by atoms with E-state index >= 15 is 0 Å². The van der Waals surface area contributed by atoms with E-state index in [4.69, 9.17) is 0 Å².